The van der Waals surface area contributed by atoms with Crippen molar-refractivity contribution in [2.45, 2.75) is 110 Å². The van der Waals surface area contributed by atoms with Crippen LogP contribution >= 0.6 is 0 Å². The number of ether oxygens (including phenoxy) is 1. The lowest BCUT2D eigenvalue weighted by molar-refractivity contribution is -0.139. The summed E-state index contributed by atoms with van der Waals surface area (Å²) in [6.07, 6.45) is 12.3. The summed E-state index contributed by atoms with van der Waals surface area (Å²) >= 11 is 0. The average molecular weight is 439 g/mol. The maximum absolute atomic E-state index is 12.6. The molecule has 178 valence electrons. The van der Waals surface area contributed by atoms with E-state index in [2.05, 4.69) is 6.92 Å². The standard InChI is InChI=1S/C25H42O6/c1-3-5-9-12-19(26)15-16-21-20(13-10-7-8-11-14-24(28)29)22(18-23(21)27)25(30)31-17-6-4-2/h15-16,19,21,23,26-27H,3-14,17-18H2,1-2H3,(H,28,29)/b16-15+/t19-,21+,23+/m0/s1. The molecule has 1 aliphatic rings. The van der Waals surface area contributed by atoms with Crippen molar-refractivity contribution >= 4 is 11.9 Å². The molecule has 0 unspecified atom stereocenters. The van der Waals surface area contributed by atoms with Crippen LogP contribution in [0.25, 0.3) is 0 Å². The van der Waals surface area contributed by atoms with Crippen LogP contribution in [0, 0.1) is 5.92 Å². The predicted molar refractivity (Wildman–Crippen MR) is 122 cm³/mol. The van der Waals surface area contributed by atoms with Gasteiger partial charge in [-0.25, -0.2) is 4.79 Å². The van der Waals surface area contributed by atoms with Crippen LogP contribution in [0.15, 0.2) is 23.3 Å². The molecule has 0 saturated heterocycles. The molecule has 6 heteroatoms. The van der Waals surface area contributed by atoms with Crippen molar-refractivity contribution in [2.75, 3.05) is 6.61 Å². The van der Waals surface area contributed by atoms with E-state index in [9.17, 15) is 19.8 Å². The van der Waals surface area contributed by atoms with Gasteiger partial charge in [0.1, 0.15) is 0 Å². The molecular formula is C25H42O6. The smallest absolute Gasteiger partial charge is 0.334 e. The topological polar surface area (TPSA) is 104 Å². The SMILES string of the molecule is CCCCC[C@H](O)/C=C/[C@@H]1C(CCCCCCC(=O)O)=C(C(=O)OCCCC)C[C@H]1O. The molecule has 0 aromatic heterocycles. The summed E-state index contributed by atoms with van der Waals surface area (Å²) in [5.74, 6) is -1.40. The lowest BCUT2D eigenvalue weighted by Gasteiger charge is -2.16. The van der Waals surface area contributed by atoms with Crippen LogP contribution in [0.2, 0.25) is 0 Å². The Labute approximate surface area is 187 Å². The van der Waals surface area contributed by atoms with Crippen LogP contribution in [0.3, 0.4) is 0 Å². The third-order valence-electron chi connectivity index (χ3n) is 5.83. The highest BCUT2D eigenvalue weighted by Crippen LogP contribution is 2.37. The number of rotatable bonds is 17. The minimum Gasteiger partial charge on any atom is -0.481 e. The largest absolute Gasteiger partial charge is 0.481 e. The van der Waals surface area contributed by atoms with E-state index in [-0.39, 0.29) is 24.7 Å². The third-order valence-corrected chi connectivity index (χ3v) is 5.83. The number of unbranched alkanes of at least 4 members (excludes halogenated alkanes) is 6. The Morgan fingerprint density at radius 1 is 1.06 bits per heavy atom. The van der Waals surface area contributed by atoms with Crippen LogP contribution in [-0.2, 0) is 14.3 Å². The molecule has 0 heterocycles. The van der Waals surface area contributed by atoms with Crippen molar-refractivity contribution in [1.82, 2.24) is 0 Å². The van der Waals surface area contributed by atoms with E-state index in [1.165, 1.54) is 0 Å². The van der Waals surface area contributed by atoms with E-state index < -0.39 is 18.2 Å². The second kappa shape index (κ2) is 16.0. The highest BCUT2D eigenvalue weighted by Gasteiger charge is 2.35. The van der Waals surface area contributed by atoms with Gasteiger partial charge in [-0.15, -0.1) is 0 Å². The Hall–Kier alpha value is -1.66. The second-order valence-electron chi connectivity index (χ2n) is 8.55. The zero-order valence-electron chi connectivity index (χ0n) is 19.4. The number of aliphatic carboxylic acids is 1. The first-order chi connectivity index (χ1) is 14.9. The average Bonchev–Trinajstić information content (AvgIpc) is 3.04. The number of carbonyl (C=O) groups is 2. The molecule has 0 fully saturated rings. The normalized spacial score (nSPS) is 19.9. The first kappa shape index (κ1) is 27.4. The molecule has 0 aromatic rings. The van der Waals surface area contributed by atoms with Gasteiger partial charge in [-0.2, -0.15) is 0 Å². The molecule has 0 bridgehead atoms. The maximum atomic E-state index is 12.6. The van der Waals surface area contributed by atoms with Gasteiger partial charge < -0.3 is 20.1 Å². The van der Waals surface area contributed by atoms with Crippen LogP contribution in [0.5, 0.6) is 0 Å². The van der Waals surface area contributed by atoms with E-state index in [0.29, 0.717) is 31.4 Å². The number of aliphatic hydroxyl groups excluding tert-OH is 2. The Kier molecular flexibility index (Phi) is 14.2. The van der Waals surface area contributed by atoms with E-state index >= 15 is 0 Å². The molecule has 0 aromatic carbocycles. The van der Waals surface area contributed by atoms with Crippen LogP contribution < -0.4 is 0 Å². The number of aliphatic hydroxyl groups is 2. The van der Waals surface area contributed by atoms with Gasteiger partial charge in [-0.05, 0) is 32.1 Å². The predicted octanol–water partition coefficient (Wildman–Crippen LogP) is 4.93. The zero-order valence-corrected chi connectivity index (χ0v) is 19.4. The molecule has 0 radical (unpaired) electrons. The van der Waals surface area contributed by atoms with E-state index in [1.54, 1.807) is 6.08 Å². The van der Waals surface area contributed by atoms with Gasteiger partial charge in [0.15, 0.2) is 0 Å². The van der Waals surface area contributed by atoms with Crippen molar-refractivity contribution in [1.29, 1.82) is 0 Å². The van der Waals surface area contributed by atoms with Crippen molar-refractivity contribution in [2.24, 2.45) is 5.92 Å². The summed E-state index contributed by atoms with van der Waals surface area (Å²) in [7, 11) is 0. The summed E-state index contributed by atoms with van der Waals surface area (Å²) in [6.45, 7) is 4.54. The number of hydrogen-bond donors (Lipinski definition) is 3. The van der Waals surface area contributed by atoms with Crippen molar-refractivity contribution < 1.29 is 29.6 Å². The summed E-state index contributed by atoms with van der Waals surface area (Å²) in [6, 6.07) is 0. The molecule has 0 aliphatic heterocycles. The molecular weight excluding hydrogens is 396 g/mol. The van der Waals surface area contributed by atoms with Crippen molar-refractivity contribution in [3.05, 3.63) is 23.3 Å². The number of carboxylic acids is 1. The maximum Gasteiger partial charge on any atom is 0.334 e. The van der Waals surface area contributed by atoms with Crippen LogP contribution in [-0.4, -0.2) is 46.1 Å². The summed E-state index contributed by atoms with van der Waals surface area (Å²) < 4.78 is 5.41. The highest BCUT2D eigenvalue weighted by molar-refractivity contribution is 5.90. The zero-order chi connectivity index (χ0) is 23.1. The summed E-state index contributed by atoms with van der Waals surface area (Å²) in [5.41, 5.74) is 1.48. The number of hydrogen-bond acceptors (Lipinski definition) is 5. The van der Waals surface area contributed by atoms with Crippen LogP contribution in [0.1, 0.15) is 97.3 Å². The Morgan fingerprint density at radius 3 is 2.45 bits per heavy atom. The van der Waals surface area contributed by atoms with E-state index in [1.807, 2.05) is 13.0 Å². The fourth-order valence-electron chi connectivity index (χ4n) is 3.97. The molecule has 1 aliphatic carbocycles. The first-order valence-electron chi connectivity index (χ1n) is 12.1. The molecule has 0 spiro atoms. The molecule has 0 saturated carbocycles. The molecule has 0 amide bonds. The fourth-order valence-corrected chi connectivity index (χ4v) is 3.97. The van der Waals surface area contributed by atoms with Gasteiger partial charge in [0, 0.05) is 24.3 Å². The third kappa shape index (κ3) is 11.0. The Morgan fingerprint density at radius 2 is 1.77 bits per heavy atom. The molecule has 6 nitrogen and oxygen atoms in total. The first-order valence-corrected chi connectivity index (χ1v) is 12.1. The second-order valence-corrected chi connectivity index (χ2v) is 8.55. The molecule has 1 rings (SSSR count). The minimum atomic E-state index is -0.776. The molecule has 3 atom stereocenters. The lowest BCUT2D eigenvalue weighted by Crippen LogP contribution is -2.15. The minimum absolute atomic E-state index is 0.178. The van der Waals surface area contributed by atoms with Gasteiger partial charge >= 0.3 is 11.9 Å². The highest BCUT2D eigenvalue weighted by atomic mass is 16.5. The molecule has 3 N–H and O–H groups in total. The van der Waals surface area contributed by atoms with Gasteiger partial charge in [-0.1, -0.05) is 70.1 Å². The van der Waals surface area contributed by atoms with Crippen molar-refractivity contribution in [3.8, 4) is 0 Å². The number of carboxylic acid groups (broad SMARTS) is 1. The van der Waals surface area contributed by atoms with E-state index in [4.69, 9.17) is 9.84 Å². The monoisotopic (exact) mass is 438 g/mol. The quantitative estimate of drug-likeness (QED) is 0.169. The van der Waals surface area contributed by atoms with Crippen molar-refractivity contribution in [3.63, 3.8) is 0 Å². The lowest BCUT2D eigenvalue weighted by atomic mass is 9.92. The Bertz CT molecular complexity index is 595. The summed E-state index contributed by atoms with van der Waals surface area (Å²) in [5, 5.41) is 29.6. The Balaban J connectivity index is 2.78. The van der Waals surface area contributed by atoms with E-state index in [0.717, 1.165) is 56.9 Å². The van der Waals surface area contributed by atoms with Gasteiger partial charge in [-0.3, -0.25) is 4.79 Å². The van der Waals surface area contributed by atoms with Gasteiger partial charge in [0.2, 0.25) is 0 Å². The van der Waals surface area contributed by atoms with Gasteiger partial charge in [0.25, 0.3) is 0 Å². The van der Waals surface area contributed by atoms with Gasteiger partial charge in [0.05, 0.1) is 18.8 Å². The summed E-state index contributed by atoms with van der Waals surface area (Å²) in [4.78, 5) is 23.3. The number of esters is 1. The number of carbonyl (C=O) groups excluding carboxylic acids is 1. The molecule has 31 heavy (non-hydrogen) atoms. The fraction of sp³-hybridized carbons (Fsp3) is 0.760. The van der Waals surface area contributed by atoms with Crippen LogP contribution in [0.4, 0.5) is 0 Å².